The molecule has 164 valence electrons. The first-order valence-electron chi connectivity index (χ1n) is 10.1. The van der Waals surface area contributed by atoms with E-state index in [0.29, 0.717) is 16.7 Å². The van der Waals surface area contributed by atoms with E-state index in [9.17, 15) is 13.2 Å². The van der Waals surface area contributed by atoms with E-state index in [-0.39, 0.29) is 23.0 Å². The van der Waals surface area contributed by atoms with E-state index in [2.05, 4.69) is 4.98 Å². The lowest BCUT2D eigenvalue weighted by atomic mass is 10.1. The van der Waals surface area contributed by atoms with Gasteiger partial charge < -0.3 is 0 Å². The van der Waals surface area contributed by atoms with Gasteiger partial charge in [0.25, 0.3) is 0 Å². The second-order valence-electron chi connectivity index (χ2n) is 7.30. The molecule has 4 rings (SSSR count). The normalized spacial score (nSPS) is 11.6. The minimum atomic E-state index is -3.28. The number of thiazole rings is 1. The molecule has 0 saturated heterocycles. The van der Waals surface area contributed by atoms with Crippen molar-refractivity contribution in [2.75, 3.05) is 10.7 Å². The Morgan fingerprint density at radius 3 is 2.41 bits per heavy atom. The summed E-state index contributed by atoms with van der Waals surface area (Å²) in [7, 11) is -3.28. The van der Waals surface area contributed by atoms with Crippen molar-refractivity contribution in [3.63, 3.8) is 0 Å². The van der Waals surface area contributed by atoms with Crippen molar-refractivity contribution in [1.29, 1.82) is 0 Å². The van der Waals surface area contributed by atoms with Gasteiger partial charge in [-0.1, -0.05) is 72.3 Å². The summed E-state index contributed by atoms with van der Waals surface area (Å²) in [6.45, 7) is 1.99. The molecule has 5 nitrogen and oxygen atoms in total. The van der Waals surface area contributed by atoms with E-state index in [1.165, 1.54) is 11.3 Å². The number of halogens is 1. The predicted molar refractivity (Wildman–Crippen MR) is 130 cm³/mol. The molecule has 0 N–H and O–H groups in total. The number of amides is 1. The number of fused-ring (bicyclic) bond motifs is 1. The summed E-state index contributed by atoms with van der Waals surface area (Å²) in [6.07, 6.45) is 0.135. The minimum Gasteiger partial charge on any atom is -0.283 e. The molecule has 0 bridgehead atoms. The molecule has 0 unspecified atom stereocenters. The number of rotatable bonds is 7. The monoisotopic (exact) mass is 484 g/mol. The van der Waals surface area contributed by atoms with Gasteiger partial charge in [0.15, 0.2) is 15.0 Å². The molecular weight excluding hydrogens is 464 g/mol. The third-order valence-electron chi connectivity index (χ3n) is 5.07. The zero-order valence-corrected chi connectivity index (χ0v) is 19.8. The van der Waals surface area contributed by atoms with Crippen molar-refractivity contribution in [2.45, 2.75) is 24.8 Å². The lowest BCUT2D eigenvalue weighted by Gasteiger charge is -2.20. The Morgan fingerprint density at radius 2 is 1.72 bits per heavy atom. The van der Waals surface area contributed by atoms with Crippen LogP contribution in [0.3, 0.4) is 0 Å². The average molecular weight is 485 g/mol. The Kier molecular flexibility index (Phi) is 6.60. The lowest BCUT2D eigenvalue weighted by molar-refractivity contribution is -0.118. The van der Waals surface area contributed by atoms with Crippen molar-refractivity contribution >= 4 is 54.0 Å². The molecule has 0 fully saturated rings. The van der Waals surface area contributed by atoms with E-state index in [1.54, 1.807) is 42.2 Å². The number of nitrogens with zero attached hydrogens (tertiary/aromatic N) is 2. The Bertz CT molecular complexity index is 1350. The minimum absolute atomic E-state index is 0.0394. The molecular formula is C24H21ClN2O3S2. The Balaban J connectivity index is 1.63. The fraction of sp³-hybridized carbons (Fsp3) is 0.167. The van der Waals surface area contributed by atoms with E-state index in [1.807, 2.05) is 42.5 Å². The Morgan fingerprint density at radius 1 is 1.00 bits per heavy atom. The maximum Gasteiger partial charge on any atom is 0.233 e. The van der Waals surface area contributed by atoms with E-state index in [0.717, 1.165) is 21.3 Å². The van der Waals surface area contributed by atoms with Gasteiger partial charge in [-0.25, -0.2) is 13.4 Å². The molecule has 1 heterocycles. The van der Waals surface area contributed by atoms with Crippen molar-refractivity contribution in [3.8, 4) is 0 Å². The van der Waals surface area contributed by atoms with E-state index in [4.69, 9.17) is 11.6 Å². The first kappa shape index (κ1) is 22.5. The van der Waals surface area contributed by atoms with Gasteiger partial charge in [0, 0.05) is 5.02 Å². The molecule has 0 spiro atoms. The second kappa shape index (κ2) is 9.40. The smallest absolute Gasteiger partial charge is 0.233 e. The van der Waals surface area contributed by atoms with Crippen LogP contribution in [0.25, 0.3) is 10.2 Å². The van der Waals surface area contributed by atoms with Gasteiger partial charge in [-0.2, -0.15) is 0 Å². The maximum atomic E-state index is 13.3. The molecule has 0 saturated carbocycles. The highest BCUT2D eigenvalue weighted by Crippen LogP contribution is 2.32. The van der Waals surface area contributed by atoms with Crippen LogP contribution in [0.4, 0.5) is 5.13 Å². The summed E-state index contributed by atoms with van der Waals surface area (Å²) in [5.74, 6) is -0.0808. The maximum absolute atomic E-state index is 13.3. The molecule has 0 aliphatic carbocycles. The lowest BCUT2D eigenvalue weighted by Crippen LogP contribution is -2.31. The Labute approximate surface area is 196 Å². The van der Waals surface area contributed by atoms with Crippen LogP contribution in [-0.4, -0.2) is 25.1 Å². The largest absolute Gasteiger partial charge is 0.283 e. The summed E-state index contributed by atoms with van der Waals surface area (Å²) < 4.78 is 25.0. The van der Waals surface area contributed by atoms with Gasteiger partial charge in [0.2, 0.25) is 5.91 Å². The van der Waals surface area contributed by atoms with E-state index < -0.39 is 9.84 Å². The van der Waals surface area contributed by atoms with Gasteiger partial charge in [-0.3, -0.25) is 9.69 Å². The predicted octanol–water partition coefficient (Wildman–Crippen LogP) is 5.52. The first-order chi connectivity index (χ1) is 15.4. The number of carbonyl (C=O) groups is 1. The molecule has 1 aromatic heterocycles. The number of hydrogen-bond donors (Lipinski definition) is 0. The topological polar surface area (TPSA) is 67.3 Å². The van der Waals surface area contributed by atoms with Crippen molar-refractivity contribution in [3.05, 3.63) is 88.9 Å². The molecule has 4 aromatic rings. The average Bonchev–Trinajstić information content (AvgIpc) is 3.21. The molecule has 3 aromatic carbocycles. The van der Waals surface area contributed by atoms with E-state index >= 15 is 0 Å². The molecule has 0 radical (unpaired) electrons. The Hall–Kier alpha value is -2.74. The second-order valence-corrected chi connectivity index (χ2v) is 11.0. The van der Waals surface area contributed by atoms with Crippen molar-refractivity contribution in [1.82, 2.24) is 4.98 Å². The molecule has 0 atom stereocenters. The number of hydrogen-bond acceptors (Lipinski definition) is 5. The standard InChI is InChI=1S/C24H21ClN2O3S2/c1-2-32(29,30)20-11-8-17(9-12-20)14-23(28)27(16-18-6-4-3-5-7-18)24-26-21-13-10-19(25)15-22(21)31-24/h3-13,15H,2,14,16H2,1H3. The van der Waals surface area contributed by atoms with Crippen LogP contribution in [-0.2, 0) is 27.6 Å². The summed E-state index contributed by atoms with van der Waals surface area (Å²) in [4.78, 5) is 19.9. The van der Waals surface area contributed by atoms with Crippen molar-refractivity contribution < 1.29 is 13.2 Å². The summed E-state index contributed by atoms with van der Waals surface area (Å²) in [5.41, 5.74) is 2.52. The van der Waals surface area contributed by atoms with Gasteiger partial charge in [-0.15, -0.1) is 0 Å². The summed E-state index contributed by atoms with van der Waals surface area (Å²) >= 11 is 7.53. The fourth-order valence-electron chi connectivity index (χ4n) is 3.28. The third-order valence-corrected chi connectivity index (χ3v) is 8.10. The van der Waals surface area contributed by atoms with Gasteiger partial charge >= 0.3 is 0 Å². The fourth-order valence-corrected chi connectivity index (χ4v) is 5.42. The molecule has 8 heteroatoms. The zero-order valence-electron chi connectivity index (χ0n) is 17.4. The number of anilines is 1. The number of sulfone groups is 1. The highest BCUT2D eigenvalue weighted by atomic mass is 35.5. The quantitative estimate of drug-likeness (QED) is 0.346. The van der Waals surface area contributed by atoms with Crippen molar-refractivity contribution in [2.24, 2.45) is 0 Å². The van der Waals surface area contributed by atoms with Crippen LogP contribution in [0.1, 0.15) is 18.1 Å². The molecule has 32 heavy (non-hydrogen) atoms. The number of carbonyl (C=O) groups excluding carboxylic acids is 1. The van der Waals surface area contributed by atoms with Crippen LogP contribution in [0.5, 0.6) is 0 Å². The van der Waals surface area contributed by atoms with Gasteiger partial charge in [0.05, 0.1) is 33.8 Å². The molecule has 0 aliphatic rings. The highest BCUT2D eigenvalue weighted by Gasteiger charge is 2.21. The SMILES string of the molecule is CCS(=O)(=O)c1ccc(CC(=O)N(Cc2ccccc2)c2nc3ccc(Cl)cc3s2)cc1. The molecule has 1 amide bonds. The molecule has 0 aliphatic heterocycles. The number of benzene rings is 3. The van der Waals surface area contributed by atoms with Crippen LogP contribution >= 0.6 is 22.9 Å². The van der Waals surface area contributed by atoms with Crippen LogP contribution in [0.2, 0.25) is 5.02 Å². The highest BCUT2D eigenvalue weighted by molar-refractivity contribution is 7.91. The zero-order chi connectivity index (χ0) is 22.7. The van der Waals surface area contributed by atoms with Crippen LogP contribution < -0.4 is 4.90 Å². The third kappa shape index (κ3) is 5.01. The number of aromatic nitrogens is 1. The van der Waals surface area contributed by atoms with Crippen LogP contribution in [0.15, 0.2) is 77.7 Å². The van der Waals surface area contributed by atoms with Gasteiger partial charge in [0.1, 0.15) is 0 Å². The van der Waals surface area contributed by atoms with Crippen LogP contribution in [0, 0.1) is 0 Å². The summed E-state index contributed by atoms with van der Waals surface area (Å²) in [6, 6.07) is 21.7. The summed E-state index contributed by atoms with van der Waals surface area (Å²) in [5, 5.41) is 1.22. The first-order valence-corrected chi connectivity index (χ1v) is 12.9. The van der Waals surface area contributed by atoms with Gasteiger partial charge in [-0.05, 0) is 41.5 Å².